The Balaban J connectivity index is 1.26. The minimum Gasteiger partial charge on any atom is -0.508 e. The highest BCUT2D eigenvalue weighted by Crippen LogP contribution is 2.38. The molecular formula is C32H33NO4. The first kappa shape index (κ1) is 24.7. The second-order valence-corrected chi connectivity index (χ2v) is 9.68. The third-order valence-electron chi connectivity index (χ3n) is 6.70. The van der Waals surface area contributed by atoms with Crippen LogP contribution in [-0.2, 0) is 12.8 Å². The molecule has 5 heteroatoms. The molecular weight excluding hydrogens is 462 g/mol. The molecule has 1 atom stereocenters. The smallest absolute Gasteiger partial charge is 0.226 e. The maximum absolute atomic E-state index is 9.70. The van der Waals surface area contributed by atoms with Crippen LogP contribution in [0.2, 0.25) is 0 Å². The van der Waals surface area contributed by atoms with Gasteiger partial charge in [-0.3, -0.25) is 0 Å². The Morgan fingerprint density at radius 2 is 1.68 bits per heavy atom. The molecule has 0 bridgehead atoms. The van der Waals surface area contributed by atoms with E-state index in [4.69, 9.17) is 18.9 Å². The van der Waals surface area contributed by atoms with Gasteiger partial charge < -0.3 is 19.0 Å². The lowest BCUT2D eigenvalue weighted by Crippen LogP contribution is -2.17. The monoisotopic (exact) mass is 495 g/mol. The number of unbranched alkanes of at least 4 members (excludes halogenated alkanes) is 1. The van der Waals surface area contributed by atoms with E-state index in [0.717, 1.165) is 64.5 Å². The Morgan fingerprint density at radius 3 is 2.43 bits per heavy atom. The van der Waals surface area contributed by atoms with Crippen molar-refractivity contribution in [3.63, 3.8) is 0 Å². The van der Waals surface area contributed by atoms with Crippen molar-refractivity contribution in [2.75, 3.05) is 6.61 Å². The fourth-order valence-corrected chi connectivity index (χ4v) is 4.38. The Hall–Kier alpha value is -3.99. The lowest BCUT2D eigenvalue weighted by Gasteiger charge is -2.17. The van der Waals surface area contributed by atoms with Gasteiger partial charge in [-0.2, -0.15) is 0 Å². The van der Waals surface area contributed by atoms with E-state index in [9.17, 15) is 5.11 Å². The van der Waals surface area contributed by atoms with E-state index in [0.29, 0.717) is 18.9 Å². The van der Waals surface area contributed by atoms with E-state index in [1.54, 1.807) is 6.08 Å². The fraction of sp³-hybridized carbons (Fsp3) is 0.281. The highest BCUT2D eigenvalue weighted by Gasteiger charge is 2.42. The van der Waals surface area contributed by atoms with Crippen LogP contribution in [0.5, 0.6) is 11.5 Å². The summed E-state index contributed by atoms with van der Waals surface area (Å²) in [6.45, 7) is 6.48. The van der Waals surface area contributed by atoms with Gasteiger partial charge in [0.1, 0.15) is 23.0 Å². The molecule has 3 aromatic carbocycles. The minimum absolute atomic E-state index is 0.275. The maximum atomic E-state index is 9.70. The zero-order valence-corrected chi connectivity index (χ0v) is 21.7. The van der Waals surface area contributed by atoms with Crippen LogP contribution < -0.4 is 9.47 Å². The summed E-state index contributed by atoms with van der Waals surface area (Å²) >= 11 is 0. The molecule has 0 amide bonds. The molecule has 0 fully saturated rings. The van der Waals surface area contributed by atoms with Crippen molar-refractivity contribution in [1.29, 1.82) is 0 Å². The first-order valence-electron chi connectivity index (χ1n) is 12.9. The predicted molar refractivity (Wildman–Crippen MR) is 146 cm³/mol. The van der Waals surface area contributed by atoms with E-state index >= 15 is 0 Å². The molecule has 37 heavy (non-hydrogen) atoms. The topological polar surface area (TPSA) is 64.7 Å². The Kier molecular flexibility index (Phi) is 7.04. The third kappa shape index (κ3) is 5.72. The van der Waals surface area contributed by atoms with E-state index in [1.165, 1.54) is 0 Å². The van der Waals surface area contributed by atoms with Crippen molar-refractivity contribution in [2.45, 2.75) is 52.1 Å². The number of ether oxygens (including phenoxy) is 2. The zero-order valence-electron chi connectivity index (χ0n) is 21.7. The van der Waals surface area contributed by atoms with Gasteiger partial charge in [-0.25, -0.2) is 4.98 Å². The highest BCUT2D eigenvalue weighted by atomic mass is 16.5. The molecule has 0 aliphatic heterocycles. The van der Waals surface area contributed by atoms with Gasteiger partial charge in [0.05, 0.1) is 12.3 Å². The highest BCUT2D eigenvalue weighted by molar-refractivity contribution is 5.69. The zero-order chi connectivity index (χ0) is 25.8. The Bertz CT molecular complexity index is 1410. The number of benzene rings is 3. The fourth-order valence-electron chi connectivity index (χ4n) is 4.38. The summed E-state index contributed by atoms with van der Waals surface area (Å²) in [5.41, 5.74) is 4.59. The van der Waals surface area contributed by atoms with Gasteiger partial charge in [-0.1, -0.05) is 55.8 Å². The number of oxazole rings is 1. The standard InChI is InChI=1S/C32H33NO4/c1-4-5-10-25-20-27(37-32(3)21-30(32)34)15-16-29(25)35-18-17-28-22(2)36-31(33-28)26-14-9-13-24(19-26)23-11-7-6-8-12-23/h6-9,11-16,19-21,34H,4-5,10,17-18H2,1-3H3. The molecule has 1 N–H and O–H groups in total. The molecule has 0 saturated carbocycles. The molecule has 0 spiro atoms. The molecule has 1 aromatic heterocycles. The van der Waals surface area contributed by atoms with E-state index in [1.807, 2.05) is 62.4 Å². The summed E-state index contributed by atoms with van der Waals surface area (Å²) in [7, 11) is 0. The number of aryl methyl sites for hydroxylation is 2. The SMILES string of the molecule is CCCCc1cc(OC2(C)C=C2O)ccc1OCCc1nc(-c2cccc(-c3ccccc3)c2)oc1C. The molecule has 1 unspecified atom stereocenters. The van der Waals surface area contributed by atoms with Crippen LogP contribution in [0.15, 0.2) is 89.0 Å². The molecule has 1 aliphatic carbocycles. The quantitative estimate of drug-likeness (QED) is 0.229. The molecule has 1 aliphatic rings. The summed E-state index contributed by atoms with van der Waals surface area (Å²) < 4.78 is 18.2. The van der Waals surface area contributed by atoms with Crippen LogP contribution in [0.4, 0.5) is 0 Å². The van der Waals surface area contributed by atoms with Crippen LogP contribution in [0, 0.1) is 6.92 Å². The minimum atomic E-state index is -0.673. The van der Waals surface area contributed by atoms with Gasteiger partial charge in [0.15, 0.2) is 5.60 Å². The lowest BCUT2D eigenvalue weighted by atomic mass is 10.0. The summed E-state index contributed by atoms with van der Waals surface area (Å²) in [5.74, 6) is 3.30. The largest absolute Gasteiger partial charge is 0.508 e. The number of rotatable bonds is 11. The van der Waals surface area contributed by atoms with Crippen LogP contribution in [-0.4, -0.2) is 22.3 Å². The Labute approximate surface area is 218 Å². The summed E-state index contributed by atoms with van der Waals surface area (Å²) in [4.78, 5) is 4.79. The second-order valence-electron chi connectivity index (χ2n) is 9.68. The molecule has 0 saturated heterocycles. The number of aliphatic hydroxyl groups is 1. The number of hydrogen-bond donors (Lipinski definition) is 1. The average Bonchev–Trinajstić information content (AvgIpc) is 3.32. The first-order chi connectivity index (χ1) is 17.9. The van der Waals surface area contributed by atoms with Gasteiger partial charge >= 0.3 is 0 Å². The first-order valence-corrected chi connectivity index (χ1v) is 12.9. The van der Waals surface area contributed by atoms with Crippen molar-refractivity contribution < 1.29 is 19.0 Å². The normalized spacial score (nSPS) is 16.4. The molecule has 4 aromatic rings. The van der Waals surface area contributed by atoms with Crippen LogP contribution in [0.1, 0.15) is 43.7 Å². The maximum Gasteiger partial charge on any atom is 0.226 e. The number of aliphatic hydroxyl groups excluding tert-OH is 1. The summed E-state index contributed by atoms with van der Waals surface area (Å²) in [6.07, 6.45) is 5.42. The van der Waals surface area contributed by atoms with Crippen LogP contribution >= 0.6 is 0 Å². The van der Waals surface area contributed by atoms with Crippen LogP contribution in [0.25, 0.3) is 22.6 Å². The van der Waals surface area contributed by atoms with Gasteiger partial charge in [0, 0.05) is 18.1 Å². The third-order valence-corrected chi connectivity index (χ3v) is 6.70. The number of hydrogen-bond acceptors (Lipinski definition) is 5. The number of aromatic nitrogens is 1. The van der Waals surface area contributed by atoms with Crippen molar-refractivity contribution in [3.8, 4) is 34.1 Å². The Morgan fingerprint density at radius 1 is 0.919 bits per heavy atom. The second kappa shape index (κ2) is 10.6. The number of nitrogens with zero attached hydrogens (tertiary/aromatic N) is 1. The van der Waals surface area contributed by atoms with Gasteiger partial charge in [-0.15, -0.1) is 0 Å². The summed E-state index contributed by atoms with van der Waals surface area (Å²) in [5, 5.41) is 9.70. The van der Waals surface area contributed by atoms with Crippen molar-refractivity contribution in [1.82, 2.24) is 4.98 Å². The van der Waals surface area contributed by atoms with Crippen molar-refractivity contribution in [2.24, 2.45) is 0 Å². The average molecular weight is 496 g/mol. The van der Waals surface area contributed by atoms with Gasteiger partial charge in [0.25, 0.3) is 0 Å². The molecule has 0 radical (unpaired) electrons. The van der Waals surface area contributed by atoms with Crippen LogP contribution in [0.3, 0.4) is 0 Å². The lowest BCUT2D eigenvalue weighted by molar-refractivity contribution is 0.179. The van der Waals surface area contributed by atoms with E-state index < -0.39 is 5.60 Å². The predicted octanol–water partition coefficient (Wildman–Crippen LogP) is 7.87. The molecule has 5 rings (SSSR count). The van der Waals surface area contributed by atoms with E-state index in [-0.39, 0.29) is 5.76 Å². The van der Waals surface area contributed by atoms with Gasteiger partial charge in [-0.05, 0) is 73.7 Å². The van der Waals surface area contributed by atoms with Gasteiger partial charge in [0.2, 0.25) is 5.89 Å². The molecule has 1 heterocycles. The van der Waals surface area contributed by atoms with E-state index in [2.05, 4.69) is 31.2 Å². The molecule has 190 valence electrons. The molecule has 5 nitrogen and oxygen atoms in total. The van der Waals surface area contributed by atoms with Crippen molar-refractivity contribution >= 4 is 0 Å². The summed E-state index contributed by atoms with van der Waals surface area (Å²) in [6, 6.07) is 24.5. The van der Waals surface area contributed by atoms with Crippen molar-refractivity contribution in [3.05, 3.63) is 102 Å².